The van der Waals surface area contributed by atoms with Crippen molar-refractivity contribution in [1.82, 2.24) is 4.98 Å². The Morgan fingerprint density at radius 2 is 1.82 bits per heavy atom. The van der Waals surface area contributed by atoms with Crippen LogP contribution in [0.4, 0.5) is 0 Å². The molecule has 1 aliphatic carbocycles. The van der Waals surface area contributed by atoms with Gasteiger partial charge in [-0.25, -0.2) is 0 Å². The molecule has 2 rings (SSSR count). The molecule has 0 aliphatic heterocycles. The maximum atomic E-state index is 10.4. The number of hydrogen-bond acceptors (Lipinski definition) is 2. The number of hydrogen-bond donors (Lipinski definition) is 1. The minimum atomic E-state index is -0.388. The Bertz CT molecular complexity index is 350. The summed E-state index contributed by atoms with van der Waals surface area (Å²) in [4.78, 5) is 4.35. The number of aliphatic hydroxyl groups is 1. The average Bonchev–Trinajstić information content (AvgIpc) is 2.28. The zero-order valence-corrected chi connectivity index (χ0v) is 11.1. The van der Waals surface area contributed by atoms with Gasteiger partial charge in [0.25, 0.3) is 0 Å². The van der Waals surface area contributed by atoms with Crippen LogP contribution in [-0.4, -0.2) is 10.1 Å². The summed E-state index contributed by atoms with van der Waals surface area (Å²) >= 11 is 0. The number of nitrogens with zero attached hydrogens (tertiary/aromatic N) is 1. The normalized spacial score (nSPS) is 31.2. The standard InChI is InChI=1S/C15H23NO/c1-10-4-5-14(16-9-10)15(17)13-7-11(2)6-12(3)8-13/h4-5,9,11-13,15,17H,6-8H2,1-3H3. The van der Waals surface area contributed by atoms with Gasteiger partial charge in [-0.15, -0.1) is 0 Å². The van der Waals surface area contributed by atoms with Crippen LogP contribution in [0.25, 0.3) is 0 Å². The van der Waals surface area contributed by atoms with E-state index in [9.17, 15) is 5.11 Å². The van der Waals surface area contributed by atoms with Crippen molar-refractivity contribution in [2.24, 2.45) is 17.8 Å². The monoisotopic (exact) mass is 233 g/mol. The van der Waals surface area contributed by atoms with Crippen molar-refractivity contribution in [3.63, 3.8) is 0 Å². The van der Waals surface area contributed by atoms with Crippen LogP contribution in [0.1, 0.15) is 50.5 Å². The molecule has 1 fully saturated rings. The lowest BCUT2D eigenvalue weighted by molar-refractivity contribution is 0.0522. The van der Waals surface area contributed by atoms with Crippen molar-refractivity contribution >= 4 is 0 Å². The van der Waals surface area contributed by atoms with Crippen molar-refractivity contribution in [2.75, 3.05) is 0 Å². The van der Waals surface area contributed by atoms with Gasteiger partial charge in [-0.3, -0.25) is 4.98 Å². The first kappa shape index (κ1) is 12.6. The van der Waals surface area contributed by atoms with E-state index in [0.29, 0.717) is 5.92 Å². The van der Waals surface area contributed by atoms with Crippen LogP contribution in [0, 0.1) is 24.7 Å². The molecule has 1 heterocycles. The van der Waals surface area contributed by atoms with Crippen molar-refractivity contribution < 1.29 is 5.11 Å². The molecule has 3 atom stereocenters. The quantitative estimate of drug-likeness (QED) is 0.848. The Labute approximate surface area is 104 Å². The van der Waals surface area contributed by atoms with Gasteiger partial charge in [0.2, 0.25) is 0 Å². The van der Waals surface area contributed by atoms with Crippen LogP contribution in [0.3, 0.4) is 0 Å². The van der Waals surface area contributed by atoms with Gasteiger partial charge in [-0.2, -0.15) is 0 Å². The summed E-state index contributed by atoms with van der Waals surface area (Å²) in [5.41, 5.74) is 1.98. The topological polar surface area (TPSA) is 33.1 Å². The van der Waals surface area contributed by atoms with Gasteiger partial charge in [-0.05, 0) is 55.6 Å². The van der Waals surface area contributed by atoms with E-state index in [1.165, 1.54) is 6.42 Å². The van der Waals surface area contributed by atoms with Crippen LogP contribution in [0.2, 0.25) is 0 Å². The molecule has 2 nitrogen and oxygen atoms in total. The number of pyridine rings is 1. The Kier molecular flexibility index (Phi) is 3.82. The summed E-state index contributed by atoms with van der Waals surface area (Å²) in [6.45, 7) is 6.60. The maximum Gasteiger partial charge on any atom is 0.0987 e. The van der Waals surface area contributed by atoms with Crippen molar-refractivity contribution in [3.05, 3.63) is 29.6 Å². The van der Waals surface area contributed by atoms with Crippen LogP contribution in [0.15, 0.2) is 18.3 Å². The molecule has 3 unspecified atom stereocenters. The molecule has 17 heavy (non-hydrogen) atoms. The number of aliphatic hydroxyl groups excluding tert-OH is 1. The molecule has 0 radical (unpaired) electrons. The number of aromatic nitrogens is 1. The average molecular weight is 233 g/mol. The Morgan fingerprint density at radius 1 is 1.18 bits per heavy atom. The Hall–Kier alpha value is -0.890. The number of rotatable bonds is 2. The van der Waals surface area contributed by atoms with Gasteiger partial charge in [-0.1, -0.05) is 19.9 Å². The molecule has 1 aliphatic rings. The van der Waals surface area contributed by atoms with Gasteiger partial charge >= 0.3 is 0 Å². The minimum absolute atomic E-state index is 0.379. The SMILES string of the molecule is Cc1ccc(C(O)C2CC(C)CC(C)C2)nc1. The largest absolute Gasteiger partial charge is 0.387 e. The second-order valence-electron chi connectivity index (χ2n) is 5.88. The van der Waals surface area contributed by atoms with E-state index in [4.69, 9.17) is 0 Å². The highest BCUT2D eigenvalue weighted by atomic mass is 16.3. The third-order valence-electron chi connectivity index (χ3n) is 3.90. The van der Waals surface area contributed by atoms with Crippen LogP contribution < -0.4 is 0 Å². The van der Waals surface area contributed by atoms with E-state index in [1.807, 2.05) is 25.3 Å². The fourth-order valence-corrected chi connectivity index (χ4v) is 3.16. The fraction of sp³-hybridized carbons (Fsp3) is 0.667. The van der Waals surface area contributed by atoms with Crippen molar-refractivity contribution in [3.8, 4) is 0 Å². The summed E-state index contributed by atoms with van der Waals surface area (Å²) in [5, 5.41) is 10.4. The van der Waals surface area contributed by atoms with E-state index in [2.05, 4.69) is 18.8 Å². The fourth-order valence-electron chi connectivity index (χ4n) is 3.16. The number of aryl methyl sites for hydroxylation is 1. The van der Waals surface area contributed by atoms with Gasteiger partial charge in [0.15, 0.2) is 0 Å². The highest BCUT2D eigenvalue weighted by Gasteiger charge is 2.30. The maximum absolute atomic E-state index is 10.4. The lowest BCUT2D eigenvalue weighted by atomic mass is 9.74. The molecular weight excluding hydrogens is 210 g/mol. The smallest absolute Gasteiger partial charge is 0.0987 e. The molecule has 0 saturated heterocycles. The van der Waals surface area contributed by atoms with Crippen LogP contribution >= 0.6 is 0 Å². The van der Waals surface area contributed by atoms with Crippen LogP contribution in [0.5, 0.6) is 0 Å². The summed E-state index contributed by atoms with van der Waals surface area (Å²) in [7, 11) is 0. The molecule has 94 valence electrons. The predicted molar refractivity (Wildman–Crippen MR) is 69.6 cm³/mol. The van der Waals surface area contributed by atoms with E-state index in [1.54, 1.807) is 0 Å². The van der Waals surface area contributed by atoms with Crippen molar-refractivity contribution in [2.45, 2.75) is 46.1 Å². The molecule has 0 amide bonds. The molecule has 1 N–H and O–H groups in total. The molecule has 0 spiro atoms. The first-order valence-corrected chi connectivity index (χ1v) is 6.67. The molecule has 0 bridgehead atoms. The summed E-state index contributed by atoms with van der Waals surface area (Å²) in [6.07, 6.45) is 5.00. The first-order chi connectivity index (χ1) is 8.06. The van der Waals surface area contributed by atoms with Gasteiger partial charge < -0.3 is 5.11 Å². The second-order valence-corrected chi connectivity index (χ2v) is 5.88. The first-order valence-electron chi connectivity index (χ1n) is 6.67. The Morgan fingerprint density at radius 3 is 2.35 bits per heavy atom. The Balaban J connectivity index is 2.08. The van der Waals surface area contributed by atoms with Crippen molar-refractivity contribution in [1.29, 1.82) is 0 Å². The molecule has 1 saturated carbocycles. The predicted octanol–water partition coefficient (Wildman–Crippen LogP) is 3.50. The lowest BCUT2D eigenvalue weighted by Gasteiger charge is -2.34. The highest BCUT2D eigenvalue weighted by molar-refractivity contribution is 5.14. The summed E-state index contributed by atoms with van der Waals surface area (Å²) < 4.78 is 0. The van der Waals surface area contributed by atoms with E-state index in [-0.39, 0.29) is 6.10 Å². The van der Waals surface area contributed by atoms with Gasteiger partial charge in [0.05, 0.1) is 11.8 Å². The third kappa shape index (κ3) is 3.06. The van der Waals surface area contributed by atoms with Gasteiger partial charge in [0.1, 0.15) is 0 Å². The van der Waals surface area contributed by atoms with Gasteiger partial charge in [0, 0.05) is 6.20 Å². The highest BCUT2D eigenvalue weighted by Crippen LogP contribution is 2.39. The van der Waals surface area contributed by atoms with E-state index < -0.39 is 0 Å². The molecule has 1 aromatic rings. The zero-order valence-electron chi connectivity index (χ0n) is 11.1. The lowest BCUT2D eigenvalue weighted by Crippen LogP contribution is -2.25. The minimum Gasteiger partial charge on any atom is -0.387 e. The van der Waals surface area contributed by atoms with Crippen LogP contribution in [-0.2, 0) is 0 Å². The second kappa shape index (κ2) is 5.18. The summed E-state index contributed by atoms with van der Waals surface area (Å²) in [5.74, 6) is 1.83. The molecule has 2 heteroatoms. The molecular formula is C15H23NO. The molecule has 0 aromatic carbocycles. The summed E-state index contributed by atoms with van der Waals surface area (Å²) in [6, 6.07) is 3.99. The third-order valence-corrected chi connectivity index (χ3v) is 3.90. The van der Waals surface area contributed by atoms with E-state index in [0.717, 1.165) is 35.9 Å². The molecule has 1 aromatic heterocycles. The zero-order chi connectivity index (χ0) is 12.4. The van der Waals surface area contributed by atoms with E-state index >= 15 is 0 Å².